The van der Waals surface area contributed by atoms with Crippen LogP contribution in [-0.2, 0) is 11.3 Å². The summed E-state index contributed by atoms with van der Waals surface area (Å²) in [5.74, 6) is 0.139. The Bertz CT molecular complexity index is 436. The van der Waals surface area contributed by atoms with E-state index in [4.69, 9.17) is 5.73 Å². The molecule has 3 N–H and O–H groups in total. The van der Waals surface area contributed by atoms with E-state index in [1.54, 1.807) is 0 Å². The molecule has 5 heteroatoms. The number of likely N-dealkylation sites (N-methyl/N-ethyl adjacent to an activating group) is 1. The molecule has 0 aromatic heterocycles. The van der Waals surface area contributed by atoms with Gasteiger partial charge in [0, 0.05) is 23.2 Å². The van der Waals surface area contributed by atoms with Crippen molar-refractivity contribution in [3.63, 3.8) is 0 Å². The Morgan fingerprint density at radius 3 is 2.88 bits per heavy atom. The van der Waals surface area contributed by atoms with Crippen LogP contribution >= 0.6 is 15.9 Å². The minimum atomic E-state index is -0.0528. The van der Waals surface area contributed by atoms with Gasteiger partial charge in [0.05, 0.1) is 6.04 Å². The summed E-state index contributed by atoms with van der Waals surface area (Å²) in [5.41, 5.74) is 7.58. The highest BCUT2D eigenvalue weighted by Crippen LogP contribution is 2.27. The lowest BCUT2D eigenvalue weighted by atomic mass is 10.2. The van der Waals surface area contributed by atoms with Crippen LogP contribution in [0, 0.1) is 0 Å². The Morgan fingerprint density at radius 1 is 1.59 bits per heavy atom. The number of hydrogen-bond donors (Lipinski definition) is 2. The van der Waals surface area contributed by atoms with Gasteiger partial charge in [-0.05, 0) is 31.2 Å². The molecular formula is C12H16BrN3O. The van der Waals surface area contributed by atoms with Gasteiger partial charge in [-0.25, -0.2) is 0 Å². The fourth-order valence-corrected chi connectivity index (χ4v) is 2.60. The molecule has 1 aromatic rings. The molecule has 1 aliphatic heterocycles. The molecule has 1 fully saturated rings. The minimum absolute atomic E-state index is 0.0528. The standard InChI is InChI=1S/C12H16BrN3O/c1-15-11-4-5-16(12(11)17)9-3-2-8(7-14)10(13)6-9/h2-3,6,11,15H,4-5,7,14H2,1H3. The SMILES string of the molecule is CNC1CCN(c2ccc(CN)c(Br)c2)C1=O. The molecule has 0 aliphatic carbocycles. The number of anilines is 1. The molecule has 17 heavy (non-hydrogen) atoms. The zero-order chi connectivity index (χ0) is 12.4. The number of halogens is 1. The molecule has 4 nitrogen and oxygen atoms in total. The van der Waals surface area contributed by atoms with Gasteiger partial charge in [-0.15, -0.1) is 0 Å². The number of carbonyl (C=O) groups excluding carboxylic acids is 1. The largest absolute Gasteiger partial charge is 0.326 e. The predicted octanol–water partition coefficient (Wildman–Crippen LogP) is 1.23. The molecule has 1 saturated heterocycles. The number of nitrogens with one attached hydrogen (secondary N) is 1. The zero-order valence-electron chi connectivity index (χ0n) is 9.74. The van der Waals surface area contributed by atoms with Crippen molar-refractivity contribution in [2.75, 3.05) is 18.5 Å². The fourth-order valence-electron chi connectivity index (χ4n) is 2.07. The minimum Gasteiger partial charge on any atom is -0.326 e. The van der Waals surface area contributed by atoms with Crippen LogP contribution in [0.25, 0.3) is 0 Å². The molecule has 1 unspecified atom stereocenters. The van der Waals surface area contributed by atoms with Crippen LogP contribution in [0.2, 0.25) is 0 Å². The van der Waals surface area contributed by atoms with Gasteiger partial charge in [0.2, 0.25) is 5.91 Å². The van der Waals surface area contributed by atoms with Crippen LogP contribution in [0.1, 0.15) is 12.0 Å². The van der Waals surface area contributed by atoms with Crippen molar-refractivity contribution in [3.8, 4) is 0 Å². The van der Waals surface area contributed by atoms with E-state index in [2.05, 4.69) is 21.2 Å². The smallest absolute Gasteiger partial charge is 0.244 e. The van der Waals surface area contributed by atoms with Gasteiger partial charge < -0.3 is 16.0 Å². The summed E-state index contributed by atoms with van der Waals surface area (Å²) in [4.78, 5) is 13.8. The van der Waals surface area contributed by atoms with Crippen LogP contribution in [0.3, 0.4) is 0 Å². The average molecular weight is 298 g/mol. The van der Waals surface area contributed by atoms with Gasteiger partial charge in [0.1, 0.15) is 0 Å². The Kier molecular flexibility index (Phi) is 3.81. The molecule has 0 saturated carbocycles. The van der Waals surface area contributed by atoms with Gasteiger partial charge in [0.15, 0.2) is 0 Å². The van der Waals surface area contributed by atoms with E-state index < -0.39 is 0 Å². The third kappa shape index (κ3) is 2.36. The number of nitrogens with two attached hydrogens (primary N) is 1. The highest BCUT2D eigenvalue weighted by Gasteiger charge is 2.31. The van der Waals surface area contributed by atoms with E-state index in [0.717, 1.165) is 28.7 Å². The highest BCUT2D eigenvalue weighted by atomic mass is 79.9. The molecule has 1 aromatic carbocycles. The third-order valence-electron chi connectivity index (χ3n) is 3.12. The quantitative estimate of drug-likeness (QED) is 0.882. The van der Waals surface area contributed by atoms with Crippen LogP contribution in [0.4, 0.5) is 5.69 Å². The van der Waals surface area contributed by atoms with Crippen LogP contribution < -0.4 is 16.0 Å². The van der Waals surface area contributed by atoms with Crippen molar-refractivity contribution in [1.29, 1.82) is 0 Å². The van der Waals surface area contributed by atoms with Gasteiger partial charge in [0.25, 0.3) is 0 Å². The van der Waals surface area contributed by atoms with E-state index in [1.807, 2.05) is 30.1 Å². The summed E-state index contributed by atoms with van der Waals surface area (Å²) < 4.78 is 0.957. The second kappa shape index (κ2) is 5.16. The number of hydrogen-bond acceptors (Lipinski definition) is 3. The van der Waals surface area contributed by atoms with Crippen LogP contribution in [-0.4, -0.2) is 25.5 Å². The summed E-state index contributed by atoms with van der Waals surface area (Å²) >= 11 is 3.47. The lowest BCUT2D eigenvalue weighted by Gasteiger charge is -2.17. The van der Waals surface area contributed by atoms with E-state index in [-0.39, 0.29) is 11.9 Å². The molecule has 0 radical (unpaired) electrons. The van der Waals surface area contributed by atoms with Crippen molar-refractivity contribution in [2.24, 2.45) is 5.73 Å². The van der Waals surface area contributed by atoms with Crippen molar-refractivity contribution in [3.05, 3.63) is 28.2 Å². The maximum atomic E-state index is 12.0. The molecule has 1 heterocycles. The first-order valence-electron chi connectivity index (χ1n) is 5.64. The summed E-state index contributed by atoms with van der Waals surface area (Å²) in [6.07, 6.45) is 0.853. The number of nitrogens with zero attached hydrogens (tertiary/aromatic N) is 1. The Morgan fingerprint density at radius 2 is 2.35 bits per heavy atom. The average Bonchev–Trinajstić information content (AvgIpc) is 2.70. The number of carbonyl (C=O) groups is 1. The van der Waals surface area contributed by atoms with Gasteiger partial charge in [-0.1, -0.05) is 22.0 Å². The first-order valence-corrected chi connectivity index (χ1v) is 6.43. The second-order valence-electron chi connectivity index (χ2n) is 4.10. The normalized spacial score (nSPS) is 20.1. The Labute approximate surface area is 109 Å². The Balaban J connectivity index is 2.24. The molecule has 1 aliphatic rings. The molecule has 1 atom stereocenters. The van der Waals surface area contributed by atoms with Crippen molar-refractivity contribution in [1.82, 2.24) is 5.32 Å². The molecular weight excluding hydrogens is 282 g/mol. The van der Waals surface area contributed by atoms with E-state index >= 15 is 0 Å². The van der Waals surface area contributed by atoms with Gasteiger partial charge in [-0.2, -0.15) is 0 Å². The van der Waals surface area contributed by atoms with Crippen LogP contribution in [0.5, 0.6) is 0 Å². The fraction of sp³-hybridized carbons (Fsp3) is 0.417. The topological polar surface area (TPSA) is 58.4 Å². The summed E-state index contributed by atoms with van der Waals surface area (Å²) in [6, 6.07) is 5.81. The summed E-state index contributed by atoms with van der Waals surface area (Å²) in [7, 11) is 1.82. The van der Waals surface area contributed by atoms with Crippen LogP contribution in [0.15, 0.2) is 22.7 Å². The van der Waals surface area contributed by atoms with E-state index in [9.17, 15) is 4.79 Å². The summed E-state index contributed by atoms with van der Waals surface area (Å²) in [5, 5.41) is 3.03. The van der Waals surface area contributed by atoms with Crippen molar-refractivity contribution in [2.45, 2.75) is 19.0 Å². The molecule has 1 amide bonds. The van der Waals surface area contributed by atoms with Crippen molar-refractivity contribution >= 4 is 27.5 Å². The lowest BCUT2D eigenvalue weighted by Crippen LogP contribution is -2.36. The Hall–Kier alpha value is -0.910. The lowest BCUT2D eigenvalue weighted by molar-refractivity contribution is -0.118. The first kappa shape index (κ1) is 12.5. The summed E-state index contributed by atoms with van der Waals surface area (Å²) in [6.45, 7) is 1.26. The number of amides is 1. The van der Waals surface area contributed by atoms with Gasteiger partial charge in [-0.3, -0.25) is 4.79 Å². The van der Waals surface area contributed by atoms with E-state index in [1.165, 1.54) is 0 Å². The highest BCUT2D eigenvalue weighted by molar-refractivity contribution is 9.10. The molecule has 92 valence electrons. The van der Waals surface area contributed by atoms with Gasteiger partial charge >= 0.3 is 0 Å². The van der Waals surface area contributed by atoms with E-state index in [0.29, 0.717) is 6.54 Å². The number of benzene rings is 1. The number of rotatable bonds is 3. The second-order valence-corrected chi connectivity index (χ2v) is 4.95. The molecule has 2 rings (SSSR count). The zero-order valence-corrected chi connectivity index (χ0v) is 11.3. The molecule has 0 spiro atoms. The first-order chi connectivity index (χ1) is 8.17. The van der Waals surface area contributed by atoms with Crippen molar-refractivity contribution < 1.29 is 4.79 Å². The molecule has 0 bridgehead atoms. The third-order valence-corrected chi connectivity index (χ3v) is 3.86. The maximum absolute atomic E-state index is 12.0. The maximum Gasteiger partial charge on any atom is 0.244 e. The monoisotopic (exact) mass is 297 g/mol. The predicted molar refractivity (Wildman–Crippen MR) is 71.9 cm³/mol.